The lowest BCUT2D eigenvalue weighted by Crippen LogP contribution is -1.94. The van der Waals surface area contributed by atoms with Crippen LogP contribution in [0.5, 0.6) is 0 Å². The second-order valence-corrected chi connectivity index (χ2v) is 3.36. The summed E-state index contributed by atoms with van der Waals surface area (Å²) in [7, 11) is 0. The van der Waals surface area contributed by atoms with Gasteiger partial charge in [-0.3, -0.25) is 4.79 Å². The molecule has 0 saturated heterocycles. The molecular formula is C16H18O4. The Labute approximate surface area is 119 Å². The summed E-state index contributed by atoms with van der Waals surface area (Å²) in [6.45, 7) is 8.21. The number of carbonyl (C=O) groups is 2. The number of esters is 2. The highest BCUT2D eigenvalue weighted by Gasteiger charge is 1.91. The van der Waals surface area contributed by atoms with Crippen molar-refractivity contribution >= 4 is 18.0 Å². The van der Waals surface area contributed by atoms with Crippen molar-refractivity contribution in [2.75, 3.05) is 0 Å². The summed E-state index contributed by atoms with van der Waals surface area (Å²) in [4.78, 5) is 21.0. The molecule has 4 nitrogen and oxygen atoms in total. The maximum absolute atomic E-state index is 10.8. The Morgan fingerprint density at radius 3 is 2.15 bits per heavy atom. The quantitative estimate of drug-likeness (QED) is 0.468. The standard InChI is InChI=1S/C11H10O2.C5H8O2/c1-2-13-11(12)9-8-10-6-4-3-5-7-10;1-3-5(6)7-4-2/h2-9H,1H2;4H,2-3H2,1H3. The maximum Gasteiger partial charge on any atom is 0.335 e. The van der Waals surface area contributed by atoms with Gasteiger partial charge >= 0.3 is 11.9 Å². The van der Waals surface area contributed by atoms with E-state index in [0.29, 0.717) is 6.42 Å². The molecule has 106 valence electrons. The van der Waals surface area contributed by atoms with E-state index in [1.165, 1.54) is 6.08 Å². The summed E-state index contributed by atoms with van der Waals surface area (Å²) in [6, 6.07) is 9.52. The van der Waals surface area contributed by atoms with Gasteiger partial charge in [-0.05, 0) is 11.6 Å². The minimum atomic E-state index is -0.418. The minimum Gasteiger partial charge on any atom is -0.435 e. The molecule has 1 aromatic rings. The molecule has 0 spiro atoms. The van der Waals surface area contributed by atoms with Gasteiger partial charge in [0, 0.05) is 12.5 Å². The zero-order chi connectivity index (χ0) is 15.2. The molecule has 0 N–H and O–H groups in total. The van der Waals surface area contributed by atoms with Crippen LogP contribution in [0.3, 0.4) is 0 Å². The lowest BCUT2D eigenvalue weighted by atomic mass is 10.2. The van der Waals surface area contributed by atoms with Gasteiger partial charge in [0.25, 0.3) is 0 Å². The summed E-state index contributed by atoms with van der Waals surface area (Å²) in [5.41, 5.74) is 0.962. The van der Waals surface area contributed by atoms with Crippen molar-refractivity contribution in [3.63, 3.8) is 0 Å². The van der Waals surface area contributed by atoms with Crippen molar-refractivity contribution in [1.29, 1.82) is 0 Å². The van der Waals surface area contributed by atoms with E-state index in [0.717, 1.165) is 18.1 Å². The zero-order valence-corrected chi connectivity index (χ0v) is 11.5. The van der Waals surface area contributed by atoms with E-state index in [4.69, 9.17) is 0 Å². The first-order chi connectivity index (χ1) is 9.63. The lowest BCUT2D eigenvalue weighted by molar-refractivity contribution is -0.137. The van der Waals surface area contributed by atoms with Crippen molar-refractivity contribution in [3.8, 4) is 0 Å². The van der Waals surface area contributed by atoms with Crippen LogP contribution in [-0.2, 0) is 19.1 Å². The van der Waals surface area contributed by atoms with Crippen LogP contribution in [0.25, 0.3) is 6.08 Å². The Bertz CT molecular complexity index is 461. The predicted octanol–water partition coefficient (Wildman–Crippen LogP) is 3.47. The molecule has 0 atom stereocenters. The van der Waals surface area contributed by atoms with Crippen LogP contribution in [0, 0.1) is 0 Å². The van der Waals surface area contributed by atoms with Gasteiger partial charge in [0.05, 0.1) is 12.5 Å². The van der Waals surface area contributed by atoms with E-state index >= 15 is 0 Å². The summed E-state index contributed by atoms with van der Waals surface area (Å²) < 4.78 is 8.82. The predicted molar refractivity (Wildman–Crippen MR) is 78.3 cm³/mol. The van der Waals surface area contributed by atoms with Crippen LogP contribution in [0.1, 0.15) is 18.9 Å². The SMILES string of the molecule is C=COC(=O)C=Cc1ccccc1.C=COC(=O)CC. The van der Waals surface area contributed by atoms with Crippen LogP contribution >= 0.6 is 0 Å². The molecule has 0 heterocycles. The van der Waals surface area contributed by atoms with Gasteiger partial charge in [0.2, 0.25) is 0 Å². The molecule has 0 unspecified atom stereocenters. The van der Waals surface area contributed by atoms with Crippen molar-refractivity contribution in [2.45, 2.75) is 13.3 Å². The van der Waals surface area contributed by atoms with E-state index < -0.39 is 5.97 Å². The number of ether oxygens (including phenoxy) is 2. The molecule has 0 saturated carbocycles. The van der Waals surface area contributed by atoms with E-state index in [1.807, 2.05) is 30.3 Å². The van der Waals surface area contributed by atoms with Gasteiger partial charge in [-0.25, -0.2) is 4.79 Å². The molecule has 0 aliphatic heterocycles. The Balaban J connectivity index is 0.000000441. The third-order valence-electron chi connectivity index (χ3n) is 1.91. The van der Waals surface area contributed by atoms with Gasteiger partial charge in [0.15, 0.2) is 0 Å². The third kappa shape index (κ3) is 9.41. The monoisotopic (exact) mass is 274 g/mol. The van der Waals surface area contributed by atoms with Crippen LogP contribution in [0.4, 0.5) is 0 Å². The molecular weight excluding hydrogens is 256 g/mol. The maximum atomic E-state index is 10.8. The molecule has 0 fully saturated rings. The molecule has 4 heteroatoms. The first-order valence-corrected chi connectivity index (χ1v) is 5.99. The van der Waals surface area contributed by atoms with E-state index in [2.05, 4.69) is 22.6 Å². The Morgan fingerprint density at radius 2 is 1.70 bits per heavy atom. The Morgan fingerprint density at radius 1 is 1.10 bits per heavy atom. The number of hydrogen-bond acceptors (Lipinski definition) is 4. The summed E-state index contributed by atoms with van der Waals surface area (Å²) in [6.07, 6.45) is 5.69. The topological polar surface area (TPSA) is 52.6 Å². The number of benzene rings is 1. The largest absolute Gasteiger partial charge is 0.435 e. The minimum absolute atomic E-state index is 0.241. The second kappa shape index (κ2) is 11.5. The second-order valence-electron chi connectivity index (χ2n) is 3.36. The van der Waals surface area contributed by atoms with Crippen LogP contribution in [0.2, 0.25) is 0 Å². The molecule has 0 bridgehead atoms. The van der Waals surface area contributed by atoms with Crippen LogP contribution < -0.4 is 0 Å². The number of hydrogen-bond donors (Lipinski definition) is 0. The molecule has 0 amide bonds. The third-order valence-corrected chi connectivity index (χ3v) is 1.91. The van der Waals surface area contributed by atoms with Crippen LogP contribution in [-0.4, -0.2) is 11.9 Å². The molecule has 0 aliphatic carbocycles. The average Bonchev–Trinajstić information content (AvgIpc) is 2.47. The molecule has 0 aromatic heterocycles. The Kier molecular flexibility index (Phi) is 9.97. The van der Waals surface area contributed by atoms with Crippen molar-refractivity contribution < 1.29 is 19.1 Å². The van der Waals surface area contributed by atoms with Gasteiger partial charge < -0.3 is 9.47 Å². The zero-order valence-electron chi connectivity index (χ0n) is 11.5. The van der Waals surface area contributed by atoms with Gasteiger partial charge in [0.1, 0.15) is 0 Å². The number of rotatable bonds is 5. The molecule has 20 heavy (non-hydrogen) atoms. The molecule has 1 rings (SSSR count). The summed E-state index contributed by atoms with van der Waals surface area (Å²) >= 11 is 0. The van der Waals surface area contributed by atoms with E-state index in [9.17, 15) is 9.59 Å². The van der Waals surface area contributed by atoms with E-state index in [1.54, 1.807) is 13.0 Å². The van der Waals surface area contributed by atoms with Gasteiger partial charge in [-0.15, -0.1) is 0 Å². The fraction of sp³-hybridized carbons (Fsp3) is 0.125. The highest BCUT2D eigenvalue weighted by atomic mass is 16.5. The number of carbonyl (C=O) groups excluding carboxylic acids is 2. The van der Waals surface area contributed by atoms with Crippen molar-refractivity contribution in [1.82, 2.24) is 0 Å². The highest BCUT2D eigenvalue weighted by Crippen LogP contribution is 2.00. The highest BCUT2D eigenvalue weighted by molar-refractivity contribution is 5.87. The van der Waals surface area contributed by atoms with E-state index in [-0.39, 0.29) is 5.97 Å². The fourth-order valence-corrected chi connectivity index (χ4v) is 1.03. The first kappa shape index (κ1) is 17.4. The molecule has 0 aliphatic rings. The normalized spacial score (nSPS) is 9.05. The Hall–Kier alpha value is -2.62. The van der Waals surface area contributed by atoms with Crippen molar-refractivity contribution in [3.05, 3.63) is 67.7 Å². The first-order valence-electron chi connectivity index (χ1n) is 5.99. The molecule has 0 radical (unpaired) electrons. The average molecular weight is 274 g/mol. The fourth-order valence-electron chi connectivity index (χ4n) is 1.03. The molecule has 1 aromatic carbocycles. The van der Waals surface area contributed by atoms with Crippen molar-refractivity contribution in [2.24, 2.45) is 0 Å². The lowest BCUT2D eigenvalue weighted by Gasteiger charge is -1.91. The smallest absolute Gasteiger partial charge is 0.335 e. The van der Waals surface area contributed by atoms with Gasteiger partial charge in [-0.1, -0.05) is 50.4 Å². The van der Waals surface area contributed by atoms with Gasteiger partial charge in [-0.2, -0.15) is 0 Å². The summed E-state index contributed by atoms with van der Waals surface area (Å²) in [5.74, 6) is -0.658. The summed E-state index contributed by atoms with van der Waals surface area (Å²) in [5, 5.41) is 0. The van der Waals surface area contributed by atoms with Crippen LogP contribution in [0.15, 0.2) is 62.1 Å².